The third-order valence-corrected chi connectivity index (χ3v) is 2.44. The van der Waals surface area contributed by atoms with Crippen LogP contribution in [0.5, 0.6) is 11.6 Å². The third-order valence-electron chi connectivity index (χ3n) is 2.13. The smallest absolute Gasteiger partial charge is 0.238 e. The summed E-state index contributed by atoms with van der Waals surface area (Å²) >= 11 is 5.58. The van der Waals surface area contributed by atoms with E-state index in [0.29, 0.717) is 18.2 Å². The van der Waals surface area contributed by atoms with E-state index in [4.69, 9.17) is 16.3 Å². The average Bonchev–Trinajstić information content (AvgIpc) is 2.35. The van der Waals surface area contributed by atoms with Crippen LogP contribution in [0.2, 0.25) is 5.02 Å². The van der Waals surface area contributed by atoms with Gasteiger partial charge in [-0.25, -0.2) is 9.37 Å². The maximum atomic E-state index is 13.2. The van der Waals surface area contributed by atoms with Gasteiger partial charge in [-0.05, 0) is 19.2 Å². The molecule has 0 atom stereocenters. The van der Waals surface area contributed by atoms with Gasteiger partial charge in [0.1, 0.15) is 11.6 Å². The van der Waals surface area contributed by atoms with Gasteiger partial charge in [0, 0.05) is 18.8 Å². The fourth-order valence-electron chi connectivity index (χ4n) is 1.36. The van der Waals surface area contributed by atoms with Gasteiger partial charge in [-0.2, -0.15) is 0 Å². The van der Waals surface area contributed by atoms with E-state index in [0.717, 1.165) is 5.69 Å². The lowest BCUT2D eigenvalue weighted by molar-refractivity contribution is 0.452. The van der Waals surface area contributed by atoms with Crippen molar-refractivity contribution in [2.24, 2.45) is 0 Å². The quantitative estimate of drug-likeness (QED) is 0.925. The van der Waals surface area contributed by atoms with E-state index >= 15 is 0 Å². The van der Waals surface area contributed by atoms with Crippen LogP contribution in [0.25, 0.3) is 0 Å². The minimum absolute atomic E-state index is 0.0531. The summed E-state index contributed by atoms with van der Waals surface area (Å²) in [6, 6.07) is 4.20. The molecular weight excluding hydrogens is 257 g/mol. The van der Waals surface area contributed by atoms with Crippen molar-refractivity contribution in [3.05, 3.63) is 47.1 Å². The highest BCUT2D eigenvalue weighted by Crippen LogP contribution is 2.24. The summed E-state index contributed by atoms with van der Waals surface area (Å²) in [5, 5.41) is 3.01. The van der Waals surface area contributed by atoms with Crippen LogP contribution >= 0.6 is 11.6 Å². The predicted octanol–water partition coefficient (Wildman–Crippen LogP) is 2.78. The topological polar surface area (TPSA) is 47.0 Å². The number of aromatic nitrogens is 2. The molecule has 1 aromatic heterocycles. The molecule has 0 unspecified atom stereocenters. The Morgan fingerprint density at radius 1 is 1.39 bits per heavy atom. The third kappa shape index (κ3) is 3.15. The van der Waals surface area contributed by atoms with Crippen LogP contribution in [0.4, 0.5) is 4.39 Å². The molecule has 2 aromatic rings. The maximum Gasteiger partial charge on any atom is 0.238 e. The van der Waals surface area contributed by atoms with Crippen molar-refractivity contribution in [1.29, 1.82) is 0 Å². The van der Waals surface area contributed by atoms with Crippen LogP contribution in [0, 0.1) is 5.82 Å². The fourth-order valence-corrected chi connectivity index (χ4v) is 1.48. The molecule has 1 aromatic carbocycles. The number of nitrogens with zero attached hydrogens (tertiary/aromatic N) is 2. The lowest BCUT2D eigenvalue weighted by atomic mass is 10.3. The zero-order valence-corrected chi connectivity index (χ0v) is 10.4. The van der Waals surface area contributed by atoms with E-state index in [2.05, 4.69) is 15.3 Å². The molecular formula is C12H11ClFN3O. The molecule has 0 saturated heterocycles. The van der Waals surface area contributed by atoms with Gasteiger partial charge in [0.25, 0.3) is 0 Å². The van der Waals surface area contributed by atoms with E-state index in [1.165, 1.54) is 18.3 Å². The molecule has 6 heteroatoms. The highest BCUT2D eigenvalue weighted by atomic mass is 35.5. The van der Waals surface area contributed by atoms with Crippen LogP contribution in [0.1, 0.15) is 5.69 Å². The second-order valence-electron chi connectivity index (χ2n) is 3.56. The highest BCUT2D eigenvalue weighted by Gasteiger charge is 2.05. The first-order chi connectivity index (χ1) is 8.69. The second kappa shape index (κ2) is 5.75. The molecule has 2 rings (SSSR count). The van der Waals surface area contributed by atoms with E-state index in [9.17, 15) is 4.39 Å². The van der Waals surface area contributed by atoms with E-state index < -0.39 is 5.82 Å². The van der Waals surface area contributed by atoms with Gasteiger partial charge in [0.15, 0.2) is 0 Å². The van der Waals surface area contributed by atoms with Gasteiger partial charge < -0.3 is 10.1 Å². The lowest BCUT2D eigenvalue weighted by Crippen LogP contribution is -2.07. The van der Waals surface area contributed by atoms with Gasteiger partial charge in [0.05, 0.1) is 16.9 Å². The summed E-state index contributed by atoms with van der Waals surface area (Å²) < 4.78 is 18.6. The molecule has 0 fully saturated rings. The molecule has 4 nitrogen and oxygen atoms in total. The van der Waals surface area contributed by atoms with Crippen molar-refractivity contribution in [1.82, 2.24) is 15.3 Å². The lowest BCUT2D eigenvalue weighted by Gasteiger charge is -2.06. The molecule has 0 spiro atoms. The zero-order chi connectivity index (χ0) is 13.0. The zero-order valence-electron chi connectivity index (χ0n) is 9.65. The number of rotatable bonds is 4. The first-order valence-corrected chi connectivity index (χ1v) is 5.65. The number of benzene rings is 1. The number of halogens is 2. The summed E-state index contributed by atoms with van der Waals surface area (Å²) in [4.78, 5) is 8.20. The molecule has 0 bridgehead atoms. The maximum absolute atomic E-state index is 13.2. The Balaban J connectivity index is 2.17. The molecule has 0 amide bonds. The molecule has 94 valence electrons. The number of ether oxygens (including phenoxy) is 1. The number of hydrogen-bond donors (Lipinski definition) is 1. The Labute approximate surface area is 109 Å². The van der Waals surface area contributed by atoms with E-state index in [-0.39, 0.29) is 5.02 Å². The van der Waals surface area contributed by atoms with Gasteiger partial charge in [0.2, 0.25) is 5.88 Å². The Morgan fingerprint density at radius 3 is 2.94 bits per heavy atom. The van der Waals surface area contributed by atoms with Gasteiger partial charge in [-0.1, -0.05) is 11.6 Å². The van der Waals surface area contributed by atoms with Crippen LogP contribution in [-0.2, 0) is 6.54 Å². The molecule has 0 aliphatic carbocycles. The minimum atomic E-state index is -0.534. The second-order valence-corrected chi connectivity index (χ2v) is 3.96. The van der Waals surface area contributed by atoms with Crippen molar-refractivity contribution >= 4 is 11.6 Å². The van der Waals surface area contributed by atoms with Crippen LogP contribution in [0.3, 0.4) is 0 Å². The summed E-state index contributed by atoms with van der Waals surface area (Å²) in [7, 11) is 1.81. The van der Waals surface area contributed by atoms with Crippen molar-refractivity contribution in [3.8, 4) is 11.6 Å². The van der Waals surface area contributed by atoms with E-state index in [1.807, 2.05) is 7.05 Å². The monoisotopic (exact) mass is 267 g/mol. The molecule has 0 saturated carbocycles. The van der Waals surface area contributed by atoms with Gasteiger partial charge in [-0.15, -0.1) is 0 Å². The Bertz CT molecular complexity index is 551. The van der Waals surface area contributed by atoms with Gasteiger partial charge in [-0.3, -0.25) is 4.98 Å². The summed E-state index contributed by atoms with van der Waals surface area (Å²) in [5.41, 5.74) is 0.740. The normalized spacial score (nSPS) is 10.4. The molecule has 0 radical (unpaired) electrons. The molecule has 1 heterocycles. The minimum Gasteiger partial charge on any atom is -0.437 e. The van der Waals surface area contributed by atoms with Crippen molar-refractivity contribution in [3.63, 3.8) is 0 Å². The van der Waals surface area contributed by atoms with Crippen molar-refractivity contribution in [2.45, 2.75) is 6.54 Å². The van der Waals surface area contributed by atoms with Crippen LogP contribution in [0.15, 0.2) is 30.6 Å². The first-order valence-electron chi connectivity index (χ1n) is 5.27. The van der Waals surface area contributed by atoms with E-state index in [1.54, 1.807) is 12.3 Å². The largest absolute Gasteiger partial charge is 0.437 e. The Morgan fingerprint density at radius 2 is 2.22 bits per heavy atom. The van der Waals surface area contributed by atoms with Crippen LogP contribution in [-0.4, -0.2) is 17.0 Å². The Hall–Kier alpha value is -1.72. The van der Waals surface area contributed by atoms with Gasteiger partial charge >= 0.3 is 0 Å². The summed E-state index contributed by atoms with van der Waals surface area (Å²) in [6.45, 7) is 0.583. The molecule has 1 N–H and O–H groups in total. The number of nitrogens with one attached hydrogen (secondary N) is 1. The summed E-state index contributed by atoms with van der Waals surface area (Å²) in [6.07, 6.45) is 3.09. The predicted molar refractivity (Wildman–Crippen MR) is 66.3 cm³/mol. The van der Waals surface area contributed by atoms with Crippen molar-refractivity contribution < 1.29 is 9.13 Å². The van der Waals surface area contributed by atoms with Crippen molar-refractivity contribution in [2.75, 3.05) is 7.05 Å². The summed E-state index contributed by atoms with van der Waals surface area (Å²) in [5.74, 6) is 0.103. The standard InChI is InChI=1S/C12H11ClFN3O/c1-15-5-8-6-16-7-12(17-8)18-9-2-3-10(13)11(14)4-9/h2-4,6-7,15H,5H2,1H3. The molecule has 18 heavy (non-hydrogen) atoms. The number of hydrogen-bond acceptors (Lipinski definition) is 4. The molecule has 0 aliphatic rings. The molecule has 0 aliphatic heterocycles. The Kier molecular flexibility index (Phi) is 4.07. The first kappa shape index (κ1) is 12.7. The average molecular weight is 268 g/mol. The SMILES string of the molecule is CNCc1cncc(Oc2ccc(Cl)c(F)c2)n1. The van der Waals surface area contributed by atoms with Crippen LogP contribution < -0.4 is 10.1 Å². The fraction of sp³-hybridized carbons (Fsp3) is 0.167. The highest BCUT2D eigenvalue weighted by molar-refractivity contribution is 6.30.